The lowest BCUT2D eigenvalue weighted by atomic mass is 10.0. The highest BCUT2D eigenvalue weighted by atomic mass is 16.3. The van der Waals surface area contributed by atoms with E-state index in [2.05, 4.69) is 16.0 Å². The minimum Gasteiger partial charge on any atom is -0.459 e. The molecule has 2 amide bonds. The summed E-state index contributed by atoms with van der Waals surface area (Å²) in [6.45, 7) is 2.96. The van der Waals surface area contributed by atoms with E-state index in [-0.39, 0.29) is 18.4 Å². The average molecular weight is 441 g/mol. The normalized spacial score (nSPS) is 19.5. The van der Waals surface area contributed by atoms with Crippen molar-refractivity contribution in [2.24, 2.45) is 0 Å². The van der Waals surface area contributed by atoms with Crippen molar-refractivity contribution in [3.8, 4) is 0 Å². The van der Waals surface area contributed by atoms with E-state index in [0.29, 0.717) is 25.4 Å². The molecule has 2 saturated heterocycles. The Kier molecular flexibility index (Phi) is 4.84. The fraction of sp³-hybridized carbons (Fsp3) is 0.269. The van der Waals surface area contributed by atoms with Gasteiger partial charge in [-0.25, -0.2) is 0 Å². The summed E-state index contributed by atoms with van der Waals surface area (Å²) in [5.74, 6) is 0.686. The summed E-state index contributed by atoms with van der Waals surface area (Å²) in [6.07, 6.45) is 1.83. The molecule has 0 N–H and O–H groups in total. The van der Waals surface area contributed by atoms with Crippen molar-refractivity contribution in [3.63, 3.8) is 0 Å². The van der Waals surface area contributed by atoms with Gasteiger partial charge in [0.2, 0.25) is 11.8 Å². The number of benzene rings is 2. The van der Waals surface area contributed by atoms with Crippen LogP contribution in [0.5, 0.6) is 0 Å². The first kappa shape index (κ1) is 19.9. The third kappa shape index (κ3) is 3.64. The van der Waals surface area contributed by atoms with Crippen LogP contribution in [0.15, 0.2) is 71.3 Å². The van der Waals surface area contributed by atoms with Gasteiger partial charge >= 0.3 is 0 Å². The number of furan rings is 1. The molecule has 0 saturated carbocycles. The van der Waals surface area contributed by atoms with Crippen molar-refractivity contribution in [2.75, 3.05) is 26.2 Å². The van der Waals surface area contributed by atoms with Gasteiger partial charge in [-0.2, -0.15) is 0 Å². The van der Waals surface area contributed by atoms with Crippen molar-refractivity contribution in [2.45, 2.75) is 19.1 Å². The molecule has 7 heteroatoms. The molecular formula is C26H24N4O3. The maximum Gasteiger partial charge on any atom is 0.247 e. The number of carbonyl (C=O) groups excluding carboxylic acids is 2. The second-order valence-corrected chi connectivity index (χ2v) is 8.77. The third-order valence-electron chi connectivity index (χ3n) is 6.66. The Morgan fingerprint density at radius 1 is 0.970 bits per heavy atom. The highest BCUT2D eigenvalue weighted by Crippen LogP contribution is 2.25. The molecule has 2 aromatic heterocycles. The zero-order valence-electron chi connectivity index (χ0n) is 18.2. The number of hydrogen-bond donors (Lipinski definition) is 0. The van der Waals surface area contributed by atoms with E-state index in [0.717, 1.165) is 35.0 Å². The Morgan fingerprint density at radius 2 is 1.82 bits per heavy atom. The molecule has 2 aromatic carbocycles. The van der Waals surface area contributed by atoms with Crippen molar-refractivity contribution >= 4 is 33.7 Å². The van der Waals surface area contributed by atoms with Gasteiger partial charge in [0.25, 0.3) is 0 Å². The SMILES string of the molecule is O=C1C2CN(Cc3ccnc4ccccc34)CCN2C(=O)CN1Cc1cc2ccccc2o1. The number of nitrogens with zero attached hydrogens (tertiary/aromatic N) is 4. The van der Waals surface area contributed by atoms with Gasteiger partial charge in [-0.15, -0.1) is 0 Å². The van der Waals surface area contributed by atoms with E-state index in [1.54, 1.807) is 9.80 Å². The molecule has 4 heterocycles. The van der Waals surface area contributed by atoms with E-state index in [1.807, 2.05) is 60.8 Å². The van der Waals surface area contributed by atoms with Gasteiger partial charge < -0.3 is 14.2 Å². The van der Waals surface area contributed by atoms with Crippen LogP contribution in [0.1, 0.15) is 11.3 Å². The van der Waals surface area contributed by atoms with E-state index in [1.165, 1.54) is 5.56 Å². The lowest BCUT2D eigenvalue weighted by Crippen LogP contribution is -2.66. The lowest BCUT2D eigenvalue weighted by Gasteiger charge is -2.46. The molecule has 1 unspecified atom stereocenters. The summed E-state index contributed by atoms with van der Waals surface area (Å²) in [7, 11) is 0. The molecule has 0 spiro atoms. The third-order valence-corrected chi connectivity index (χ3v) is 6.66. The first-order chi connectivity index (χ1) is 16.2. The maximum atomic E-state index is 13.4. The maximum absolute atomic E-state index is 13.4. The number of para-hydroxylation sites is 2. The standard InChI is InChI=1S/C26H24N4O3/c31-25-17-29(15-20-13-18-5-1-4-8-24(18)33-20)26(32)23-16-28(11-12-30(23)25)14-19-9-10-27-22-7-3-2-6-21(19)22/h1-10,13,23H,11-12,14-17H2. The van der Waals surface area contributed by atoms with Crippen molar-refractivity contribution in [3.05, 3.63) is 78.2 Å². The van der Waals surface area contributed by atoms with Gasteiger partial charge in [-0.05, 0) is 29.8 Å². The lowest BCUT2D eigenvalue weighted by molar-refractivity contribution is -0.160. The second kappa shape index (κ2) is 8.01. The Bertz CT molecular complexity index is 1330. The summed E-state index contributed by atoms with van der Waals surface area (Å²) in [5, 5.41) is 2.12. The van der Waals surface area contributed by atoms with E-state index < -0.39 is 6.04 Å². The number of rotatable bonds is 4. The zero-order chi connectivity index (χ0) is 22.4. The topological polar surface area (TPSA) is 69.9 Å². The predicted molar refractivity (Wildman–Crippen MR) is 124 cm³/mol. The molecule has 2 aliphatic heterocycles. The molecule has 7 nitrogen and oxygen atoms in total. The van der Waals surface area contributed by atoms with Gasteiger partial charge in [-0.1, -0.05) is 36.4 Å². The number of amides is 2. The summed E-state index contributed by atoms with van der Waals surface area (Å²) in [4.78, 5) is 36.3. The van der Waals surface area contributed by atoms with E-state index in [4.69, 9.17) is 4.42 Å². The second-order valence-electron chi connectivity index (χ2n) is 8.77. The molecule has 4 aromatic rings. The van der Waals surface area contributed by atoms with Crippen molar-refractivity contribution in [1.29, 1.82) is 0 Å². The fourth-order valence-electron chi connectivity index (χ4n) is 5.01. The summed E-state index contributed by atoms with van der Waals surface area (Å²) in [6, 6.07) is 19.4. The molecule has 1 atom stereocenters. The monoisotopic (exact) mass is 440 g/mol. The quantitative estimate of drug-likeness (QED) is 0.488. The van der Waals surface area contributed by atoms with Gasteiger partial charge in [0.1, 0.15) is 23.9 Å². The Labute approximate surface area is 191 Å². The van der Waals surface area contributed by atoms with E-state index in [9.17, 15) is 9.59 Å². The first-order valence-electron chi connectivity index (χ1n) is 11.3. The van der Waals surface area contributed by atoms with Crippen LogP contribution in [0.2, 0.25) is 0 Å². The smallest absolute Gasteiger partial charge is 0.247 e. The summed E-state index contributed by atoms with van der Waals surface area (Å²) in [5.41, 5.74) is 2.94. The van der Waals surface area contributed by atoms with Crippen LogP contribution >= 0.6 is 0 Å². The van der Waals surface area contributed by atoms with Gasteiger partial charge in [0.05, 0.1) is 12.1 Å². The van der Waals surface area contributed by atoms with Crippen LogP contribution < -0.4 is 0 Å². The average Bonchev–Trinajstić information content (AvgIpc) is 3.25. The summed E-state index contributed by atoms with van der Waals surface area (Å²) < 4.78 is 5.90. The summed E-state index contributed by atoms with van der Waals surface area (Å²) >= 11 is 0. The molecule has 2 aliphatic rings. The van der Waals surface area contributed by atoms with Crippen LogP contribution in [-0.4, -0.2) is 63.7 Å². The Balaban J connectivity index is 1.20. The highest BCUT2D eigenvalue weighted by Gasteiger charge is 2.42. The molecule has 2 fully saturated rings. The van der Waals surface area contributed by atoms with Gasteiger partial charge in [-0.3, -0.25) is 19.5 Å². The molecule has 0 radical (unpaired) electrons. The molecule has 6 rings (SSSR count). The first-order valence-corrected chi connectivity index (χ1v) is 11.3. The molecule has 33 heavy (non-hydrogen) atoms. The van der Waals surface area contributed by atoms with Gasteiger partial charge in [0, 0.05) is 43.1 Å². The molecule has 166 valence electrons. The Morgan fingerprint density at radius 3 is 2.73 bits per heavy atom. The van der Waals surface area contributed by atoms with E-state index >= 15 is 0 Å². The van der Waals surface area contributed by atoms with Crippen LogP contribution in [0, 0.1) is 0 Å². The zero-order valence-corrected chi connectivity index (χ0v) is 18.2. The molecule has 0 aliphatic carbocycles. The van der Waals surface area contributed by atoms with Crippen LogP contribution in [0.3, 0.4) is 0 Å². The minimum atomic E-state index is -0.461. The Hall–Kier alpha value is -3.71. The molecular weight excluding hydrogens is 416 g/mol. The largest absolute Gasteiger partial charge is 0.459 e. The fourth-order valence-corrected chi connectivity index (χ4v) is 5.01. The number of pyridine rings is 1. The van der Waals surface area contributed by atoms with Gasteiger partial charge in [0.15, 0.2) is 0 Å². The highest BCUT2D eigenvalue weighted by molar-refractivity contribution is 5.95. The number of piperazine rings is 2. The van der Waals surface area contributed by atoms with Crippen molar-refractivity contribution in [1.82, 2.24) is 19.7 Å². The number of aromatic nitrogens is 1. The molecule has 0 bridgehead atoms. The number of hydrogen-bond acceptors (Lipinski definition) is 5. The predicted octanol–water partition coefficient (Wildman–Crippen LogP) is 3.04. The minimum absolute atomic E-state index is 0.00437. The van der Waals surface area contributed by atoms with Crippen molar-refractivity contribution < 1.29 is 14.0 Å². The van der Waals surface area contributed by atoms with Crippen LogP contribution in [0.25, 0.3) is 21.9 Å². The number of fused-ring (bicyclic) bond motifs is 3. The number of carbonyl (C=O) groups is 2. The van der Waals surface area contributed by atoms with Crippen LogP contribution in [-0.2, 0) is 22.7 Å². The van der Waals surface area contributed by atoms with Crippen LogP contribution in [0.4, 0.5) is 0 Å².